The van der Waals surface area contributed by atoms with E-state index in [1.54, 1.807) is 0 Å². The number of oxime groups is 1. The van der Waals surface area contributed by atoms with E-state index < -0.39 is 0 Å². The zero-order valence-corrected chi connectivity index (χ0v) is 13.6. The van der Waals surface area contributed by atoms with Crippen LogP contribution in [0.1, 0.15) is 17.0 Å². The van der Waals surface area contributed by atoms with Crippen LogP contribution in [0.3, 0.4) is 0 Å². The zero-order chi connectivity index (χ0) is 14.5. The van der Waals surface area contributed by atoms with Crippen LogP contribution in [0, 0.1) is 13.8 Å². The molecule has 0 aliphatic rings. The highest BCUT2D eigenvalue weighted by molar-refractivity contribution is 9.10. The van der Waals surface area contributed by atoms with Gasteiger partial charge in [0.05, 0.1) is 5.71 Å². The van der Waals surface area contributed by atoms with E-state index in [1.807, 2.05) is 44.2 Å². The largest absolute Gasteiger partial charge is 0.411 e. The first-order valence-electron chi connectivity index (χ1n) is 6.00. The summed E-state index contributed by atoms with van der Waals surface area (Å²) >= 11 is 4.84. The molecule has 1 aromatic carbocycles. The first-order valence-corrected chi connectivity index (χ1v) is 7.78. The summed E-state index contributed by atoms with van der Waals surface area (Å²) in [6.07, 6.45) is 0. The molecule has 20 heavy (non-hydrogen) atoms. The molecular weight excluding hydrogens is 338 g/mol. The molecule has 0 saturated heterocycles. The van der Waals surface area contributed by atoms with Gasteiger partial charge < -0.3 is 5.21 Å². The summed E-state index contributed by atoms with van der Waals surface area (Å²) < 4.78 is 0.990. The van der Waals surface area contributed by atoms with Gasteiger partial charge >= 0.3 is 0 Å². The van der Waals surface area contributed by atoms with Gasteiger partial charge in [0.25, 0.3) is 0 Å². The molecule has 1 aromatic heterocycles. The molecule has 2 aromatic rings. The standard InChI is InChI=1S/C14H14BrN3OS/c1-9-7-10(2)17-14(16-9)20-8-13(18-19)11-3-5-12(15)6-4-11/h3-7,19H,8H2,1-2H3/b18-13-. The normalized spacial score (nSPS) is 11.7. The molecule has 2 rings (SSSR count). The van der Waals surface area contributed by atoms with Gasteiger partial charge in [0.2, 0.25) is 0 Å². The third kappa shape index (κ3) is 4.05. The lowest BCUT2D eigenvalue weighted by atomic mass is 10.1. The number of hydrogen-bond donors (Lipinski definition) is 1. The maximum absolute atomic E-state index is 9.16. The second-order valence-corrected chi connectivity index (χ2v) is 6.13. The Hall–Kier alpha value is -1.40. The van der Waals surface area contributed by atoms with Crippen LogP contribution in [0.5, 0.6) is 0 Å². The van der Waals surface area contributed by atoms with Crippen LogP contribution in [-0.4, -0.2) is 26.6 Å². The van der Waals surface area contributed by atoms with Crippen molar-refractivity contribution in [1.29, 1.82) is 0 Å². The first-order chi connectivity index (χ1) is 9.58. The lowest BCUT2D eigenvalue weighted by Gasteiger charge is -2.05. The molecule has 0 amide bonds. The molecule has 0 unspecified atom stereocenters. The van der Waals surface area contributed by atoms with Gasteiger partial charge in [-0.2, -0.15) is 0 Å². The molecule has 1 heterocycles. The third-order valence-electron chi connectivity index (χ3n) is 2.60. The molecule has 4 nitrogen and oxygen atoms in total. The van der Waals surface area contributed by atoms with E-state index in [4.69, 9.17) is 5.21 Å². The number of aromatic nitrogens is 2. The monoisotopic (exact) mass is 351 g/mol. The Morgan fingerprint density at radius 1 is 1.20 bits per heavy atom. The van der Waals surface area contributed by atoms with Crippen molar-refractivity contribution in [2.24, 2.45) is 5.16 Å². The van der Waals surface area contributed by atoms with Gasteiger partial charge in [0.1, 0.15) is 0 Å². The minimum Gasteiger partial charge on any atom is -0.411 e. The Bertz CT molecular complexity index is 609. The van der Waals surface area contributed by atoms with Crippen molar-refractivity contribution in [3.8, 4) is 0 Å². The second-order valence-electron chi connectivity index (χ2n) is 4.28. The Kier molecular flexibility index (Phi) is 5.14. The van der Waals surface area contributed by atoms with E-state index in [1.165, 1.54) is 11.8 Å². The van der Waals surface area contributed by atoms with E-state index in [2.05, 4.69) is 31.1 Å². The van der Waals surface area contributed by atoms with Crippen molar-refractivity contribution in [2.45, 2.75) is 19.0 Å². The molecule has 6 heteroatoms. The fourth-order valence-electron chi connectivity index (χ4n) is 1.70. The van der Waals surface area contributed by atoms with Crippen LogP contribution in [0.15, 0.2) is 45.1 Å². The Balaban J connectivity index is 2.10. The Morgan fingerprint density at radius 3 is 2.35 bits per heavy atom. The summed E-state index contributed by atoms with van der Waals surface area (Å²) in [5.41, 5.74) is 3.36. The number of benzene rings is 1. The molecule has 0 saturated carbocycles. The minimum absolute atomic E-state index is 0.515. The molecule has 104 valence electrons. The topological polar surface area (TPSA) is 58.4 Å². The van der Waals surface area contributed by atoms with Gasteiger partial charge in [-0.25, -0.2) is 9.97 Å². The average molecular weight is 352 g/mol. The quantitative estimate of drug-likeness (QED) is 0.299. The van der Waals surface area contributed by atoms with Crippen molar-refractivity contribution in [3.05, 3.63) is 51.8 Å². The summed E-state index contributed by atoms with van der Waals surface area (Å²) in [5, 5.41) is 13.2. The first kappa shape index (κ1) is 15.0. The number of halogens is 1. The van der Waals surface area contributed by atoms with Gasteiger partial charge in [0.15, 0.2) is 5.16 Å². The minimum atomic E-state index is 0.515. The summed E-state index contributed by atoms with van der Waals surface area (Å²) in [6, 6.07) is 9.57. The summed E-state index contributed by atoms with van der Waals surface area (Å²) in [7, 11) is 0. The van der Waals surface area contributed by atoms with Gasteiger partial charge in [-0.05, 0) is 32.0 Å². The van der Waals surface area contributed by atoms with Crippen molar-refractivity contribution < 1.29 is 5.21 Å². The highest BCUT2D eigenvalue weighted by atomic mass is 79.9. The van der Waals surface area contributed by atoms with E-state index in [0.717, 1.165) is 21.4 Å². The fraction of sp³-hybridized carbons (Fsp3) is 0.214. The Labute approximate surface area is 130 Å². The highest BCUT2D eigenvalue weighted by Gasteiger charge is 2.08. The average Bonchev–Trinajstić information content (AvgIpc) is 2.40. The van der Waals surface area contributed by atoms with Crippen LogP contribution in [0.2, 0.25) is 0 Å². The molecule has 0 aliphatic carbocycles. The van der Waals surface area contributed by atoms with Crippen LogP contribution in [-0.2, 0) is 0 Å². The van der Waals surface area contributed by atoms with Crippen LogP contribution >= 0.6 is 27.7 Å². The van der Waals surface area contributed by atoms with Gasteiger partial charge in [0, 0.05) is 27.2 Å². The molecule has 0 fully saturated rings. The molecule has 0 bridgehead atoms. The smallest absolute Gasteiger partial charge is 0.188 e. The van der Waals surface area contributed by atoms with Gasteiger partial charge in [-0.1, -0.05) is 45.0 Å². The molecule has 0 atom stereocenters. The molecule has 0 radical (unpaired) electrons. The van der Waals surface area contributed by atoms with Crippen molar-refractivity contribution >= 4 is 33.4 Å². The molecular formula is C14H14BrN3OS. The van der Waals surface area contributed by atoms with E-state index >= 15 is 0 Å². The van der Waals surface area contributed by atoms with E-state index in [-0.39, 0.29) is 0 Å². The van der Waals surface area contributed by atoms with Crippen LogP contribution in [0.4, 0.5) is 0 Å². The van der Waals surface area contributed by atoms with Crippen molar-refractivity contribution in [1.82, 2.24) is 9.97 Å². The van der Waals surface area contributed by atoms with Crippen molar-refractivity contribution in [3.63, 3.8) is 0 Å². The molecule has 0 spiro atoms. The zero-order valence-electron chi connectivity index (χ0n) is 11.2. The predicted molar refractivity (Wildman–Crippen MR) is 84.7 cm³/mol. The number of thioether (sulfide) groups is 1. The van der Waals surface area contributed by atoms with Gasteiger partial charge in [-0.15, -0.1) is 0 Å². The third-order valence-corrected chi connectivity index (χ3v) is 3.99. The van der Waals surface area contributed by atoms with E-state index in [0.29, 0.717) is 16.6 Å². The van der Waals surface area contributed by atoms with E-state index in [9.17, 15) is 0 Å². The van der Waals surface area contributed by atoms with Crippen LogP contribution < -0.4 is 0 Å². The highest BCUT2D eigenvalue weighted by Crippen LogP contribution is 2.18. The molecule has 1 N–H and O–H groups in total. The lowest BCUT2D eigenvalue weighted by molar-refractivity contribution is 0.319. The molecule has 0 aliphatic heterocycles. The van der Waals surface area contributed by atoms with Gasteiger partial charge in [-0.3, -0.25) is 0 Å². The number of hydrogen-bond acceptors (Lipinski definition) is 5. The predicted octanol–water partition coefficient (Wildman–Crippen LogP) is 3.83. The SMILES string of the molecule is Cc1cc(C)nc(SC/C(=N/O)c2ccc(Br)cc2)n1. The number of aryl methyl sites for hydroxylation is 2. The summed E-state index contributed by atoms with van der Waals surface area (Å²) in [6.45, 7) is 3.88. The summed E-state index contributed by atoms with van der Waals surface area (Å²) in [4.78, 5) is 8.71. The lowest BCUT2D eigenvalue weighted by Crippen LogP contribution is -2.05. The maximum atomic E-state index is 9.16. The fourth-order valence-corrected chi connectivity index (χ4v) is 2.87. The summed E-state index contributed by atoms with van der Waals surface area (Å²) in [5.74, 6) is 0.515. The number of rotatable bonds is 4. The second kappa shape index (κ2) is 6.85. The van der Waals surface area contributed by atoms with Crippen LogP contribution in [0.25, 0.3) is 0 Å². The maximum Gasteiger partial charge on any atom is 0.188 e. The Morgan fingerprint density at radius 2 is 1.80 bits per heavy atom. The number of nitrogens with zero attached hydrogens (tertiary/aromatic N) is 3. The van der Waals surface area contributed by atoms with Crippen molar-refractivity contribution in [2.75, 3.05) is 5.75 Å².